The van der Waals surface area contributed by atoms with Crippen molar-refractivity contribution in [1.82, 2.24) is 15.1 Å². The Balaban J connectivity index is 1.42. The lowest BCUT2D eigenvalue weighted by Gasteiger charge is -2.61. The van der Waals surface area contributed by atoms with Gasteiger partial charge >= 0.3 is 12.2 Å². The van der Waals surface area contributed by atoms with Crippen LogP contribution in [0.2, 0.25) is 5.02 Å². The first-order valence-electron chi connectivity index (χ1n) is 10.4. The highest BCUT2D eigenvalue weighted by molar-refractivity contribution is 6.31. The van der Waals surface area contributed by atoms with Crippen LogP contribution in [0.5, 0.6) is 0 Å². The summed E-state index contributed by atoms with van der Waals surface area (Å²) in [4.78, 5) is 14.7. The number of likely N-dealkylation sites (tertiary alicyclic amines) is 1. The van der Waals surface area contributed by atoms with Crippen LogP contribution in [0.25, 0.3) is 0 Å². The maximum atomic E-state index is 13.5. The predicted molar refractivity (Wildman–Crippen MR) is 107 cm³/mol. The fourth-order valence-corrected chi connectivity index (χ4v) is 5.49. The second-order valence-corrected chi connectivity index (χ2v) is 9.27. The monoisotopic (exact) mass is 454 g/mol. The number of aryl methyl sites for hydroxylation is 1. The lowest BCUT2D eigenvalue weighted by Crippen LogP contribution is -2.71. The molecule has 31 heavy (non-hydrogen) atoms. The normalized spacial score (nSPS) is 28.1. The molecule has 1 aromatic carbocycles. The minimum absolute atomic E-state index is 0.0663. The first-order chi connectivity index (χ1) is 14.7. The number of aromatic nitrogens is 2. The summed E-state index contributed by atoms with van der Waals surface area (Å²) in [7, 11) is 0. The van der Waals surface area contributed by atoms with Crippen molar-refractivity contribution < 1.29 is 22.4 Å². The summed E-state index contributed by atoms with van der Waals surface area (Å²) in [6, 6.07) is 4.32. The molecule has 1 aromatic heterocycles. The van der Waals surface area contributed by atoms with E-state index in [-0.39, 0.29) is 24.6 Å². The molecule has 2 saturated carbocycles. The van der Waals surface area contributed by atoms with E-state index in [1.807, 2.05) is 6.07 Å². The molecule has 5 rings (SSSR count). The Morgan fingerprint density at radius 2 is 2.06 bits per heavy atom. The van der Waals surface area contributed by atoms with Gasteiger partial charge in [-0.15, -0.1) is 10.2 Å². The highest BCUT2D eigenvalue weighted by atomic mass is 35.5. The number of carbonyl (C=O) groups excluding carboxylic acids is 1. The summed E-state index contributed by atoms with van der Waals surface area (Å²) >= 11 is 6.33. The standard InChI is InChI=1S/C21H22ClF3N4O2/c1-11-27-28-18(31-11)20-9-13(21(23,24)25)7-15(10-20)29(20)19(30)26-14-5-6-17(22)16(8-14)12-3-2-4-12/h5-6,8,12-13,15H,2-4,7,9-10H2,1H3,(H,26,30)/t13-,15-,20?/m1/s1. The van der Waals surface area contributed by atoms with Crippen LogP contribution >= 0.6 is 11.6 Å². The molecule has 166 valence electrons. The zero-order valence-corrected chi connectivity index (χ0v) is 17.6. The third kappa shape index (κ3) is 3.37. The van der Waals surface area contributed by atoms with Gasteiger partial charge in [0.15, 0.2) is 0 Å². The summed E-state index contributed by atoms with van der Waals surface area (Å²) in [5.41, 5.74) is 0.330. The van der Waals surface area contributed by atoms with Crippen LogP contribution in [0.15, 0.2) is 22.6 Å². The summed E-state index contributed by atoms with van der Waals surface area (Å²) in [5.74, 6) is -0.807. The molecule has 3 fully saturated rings. The summed E-state index contributed by atoms with van der Waals surface area (Å²) in [6.07, 6.45) is -1.10. The molecule has 1 unspecified atom stereocenters. The average molecular weight is 455 g/mol. The Kier molecular flexibility index (Phi) is 4.73. The van der Waals surface area contributed by atoms with E-state index in [1.165, 1.54) is 4.90 Å². The Hall–Kier alpha value is -2.29. The second-order valence-electron chi connectivity index (χ2n) is 8.86. The Morgan fingerprint density at radius 3 is 2.68 bits per heavy atom. The molecule has 6 nitrogen and oxygen atoms in total. The molecule has 2 amide bonds. The number of carbonyl (C=O) groups is 1. The van der Waals surface area contributed by atoms with Crippen molar-refractivity contribution >= 4 is 23.3 Å². The Morgan fingerprint density at radius 1 is 1.29 bits per heavy atom. The van der Waals surface area contributed by atoms with Gasteiger partial charge in [-0.25, -0.2) is 4.79 Å². The number of piperidine rings is 1. The molecule has 1 aliphatic heterocycles. The molecule has 1 N–H and O–H groups in total. The predicted octanol–water partition coefficient (Wildman–Crippen LogP) is 5.77. The van der Waals surface area contributed by atoms with Gasteiger partial charge in [-0.05, 0) is 55.4 Å². The van der Waals surface area contributed by atoms with Crippen molar-refractivity contribution in [3.8, 4) is 0 Å². The number of benzene rings is 1. The molecule has 2 heterocycles. The van der Waals surface area contributed by atoms with Gasteiger partial charge in [0.25, 0.3) is 0 Å². The van der Waals surface area contributed by atoms with E-state index < -0.39 is 29.7 Å². The number of urea groups is 1. The SMILES string of the molecule is Cc1nnc(C23C[C@@H](C[C@@H](C(F)(F)F)C2)N3C(=O)Nc2ccc(Cl)c(C3CCC3)c2)o1. The number of rotatable bonds is 3. The number of amides is 2. The highest BCUT2D eigenvalue weighted by Gasteiger charge is 2.66. The van der Waals surface area contributed by atoms with Crippen molar-refractivity contribution in [3.63, 3.8) is 0 Å². The molecule has 2 bridgehead atoms. The number of anilines is 1. The van der Waals surface area contributed by atoms with Crippen molar-refractivity contribution in [3.05, 3.63) is 40.6 Å². The molecule has 10 heteroatoms. The van der Waals surface area contributed by atoms with Gasteiger partial charge in [0, 0.05) is 30.1 Å². The number of nitrogens with one attached hydrogen (secondary N) is 1. The van der Waals surface area contributed by atoms with Crippen LogP contribution in [0.3, 0.4) is 0 Å². The van der Waals surface area contributed by atoms with Crippen LogP contribution in [0.4, 0.5) is 23.7 Å². The molecular weight excluding hydrogens is 433 g/mol. The number of fused-ring (bicyclic) bond motifs is 2. The zero-order valence-electron chi connectivity index (χ0n) is 16.9. The maximum Gasteiger partial charge on any atom is 0.392 e. The number of nitrogens with zero attached hydrogens (tertiary/aromatic N) is 3. The number of halogens is 4. The molecular formula is C21H22ClF3N4O2. The molecule has 0 radical (unpaired) electrons. The Labute approximate surface area is 182 Å². The van der Waals surface area contributed by atoms with Crippen molar-refractivity contribution in [2.75, 3.05) is 5.32 Å². The molecule has 1 saturated heterocycles. The molecule has 3 atom stereocenters. The number of alkyl halides is 3. The van der Waals surface area contributed by atoms with Crippen molar-refractivity contribution in [2.24, 2.45) is 5.92 Å². The highest BCUT2D eigenvalue weighted by Crippen LogP contribution is 2.58. The van der Waals surface area contributed by atoms with E-state index in [1.54, 1.807) is 19.1 Å². The number of hydrogen-bond acceptors (Lipinski definition) is 4. The largest absolute Gasteiger partial charge is 0.423 e. The quantitative estimate of drug-likeness (QED) is 0.638. The minimum atomic E-state index is -4.34. The van der Waals surface area contributed by atoms with Gasteiger partial charge in [-0.1, -0.05) is 18.0 Å². The third-order valence-electron chi connectivity index (χ3n) is 6.94. The van der Waals surface area contributed by atoms with Crippen LogP contribution < -0.4 is 5.32 Å². The minimum Gasteiger partial charge on any atom is -0.423 e. The van der Waals surface area contributed by atoms with Gasteiger partial charge in [-0.3, -0.25) is 0 Å². The lowest BCUT2D eigenvalue weighted by atomic mass is 9.63. The van der Waals surface area contributed by atoms with E-state index in [0.29, 0.717) is 23.0 Å². The van der Waals surface area contributed by atoms with Gasteiger partial charge in [-0.2, -0.15) is 13.2 Å². The van der Waals surface area contributed by atoms with Crippen LogP contribution in [0, 0.1) is 12.8 Å². The molecule has 2 aromatic rings. The van der Waals surface area contributed by atoms with E-state index in [2.05, 4.69) is 15.5 Å². The third-order valence-corrected chi connectivity index (χ3v) is 7.28. The zero-order chi connectivity index (χ0) is 22.0. The second kappa shape index (κ2) is 7.12. The summed E-state index contributed by atoms with van der Waals surface area (Å²) in [6.45, 7) is 1.58. The lowest BCUT2D eigenvalue weighted by molar-refractivity contribution is -0.229. The Bertz CT molecular complexity index is 1020. The van der Waals surface area contributed by atoms with Gasteiger partial charge in [0.2, 0.25) is 11.8 Å². The van der Waals surface area contributed by atoms with E-state index >= 15 is 0 Å². The average Bonchev–Trinajstić information content (AvgIpc) is 3.09. The van der Waals surface area contributed by atoms with E-state index in [4.69, 9.17) is 16.0 Å². The fraction of sp³-hybridized carbons (Fsp3) is 0.571. The molecule has 3 aliphatic rings. The summed E-state index contributed by atoms with van der Waals surface area (Å²) in [5, 5.41) is 11.3. The summed E-state index contributed by atoms with van der Waals surface area (Å²) < 4.78 is 46.0. The van der Waals surface area contributed by atoms with Crippen molar-refractivity contribution in [1.29, 1.82) is 0 Å². The van der Waals surface area contributed by atoms with Gasteiger partial charge in [0.05, 0.1) is 5.92 Å². The van der Waals surface area contributed by atoms with E-state index in [9.17, 15) is 18.0 Å². The van der Waals surface area contributed by atoms with Crippen LogP contribution in [0.1, 0.15) is 61.8 Å². The topological polar surface area (TPSA) is 71.3 Å². The fourth-order valence-electron chi connectivity index (χ4n) is 5.22. The maximum absolute atomic E-state index is 13.5. The molecule has 0 spiro atoms. The van der Waals surface area contributed by atoms with Gasteiger partial charge < -0.3 is 14.6 Å². The van der Waals surface area contributed by atoms with Gasteiger partial charge in [0.1, 0.15) is 5.54 Å². The van der Waals surface area contributed by atoms with Crippen molar-refractivity contribution in [2.45, 2.75) is 69.1 Å². The first kappa shape index (κ1) is 20.6. The smallest absolute Gasteiger partial charge is 0.392 e. The van der Waals surface area contributed by atoms with E-state index in [0.717, 1.165) is 24.8 Å². The van der Waals surface area contributed by atoms with Crippen LogP contribution in [-0.2, 0) is 5.54 Å². The first-order valence-corrected chi connectivity index (χ1v) is 10.8. The number of hydrogen-bond donors (Lipinski definition) is 1. The van der Waals surface area contributed by atoms with Crippen LogP contribution in [-0.4, -0.2) is 33.3 Å². The molecule has 2 aliphatic carbocycles.